The summed E-state index contributed by atoms with van der Waals surface area (Å²) in [6.07, 6.45) is 8.13. The summed E-state index contributed by atoms with van der Waals surface area (Å²) in [5.41, 5.74) is 0. The second-order valence-electron chi connectivity index (χ2n) is 3.31. The van der Waals surface area contributed by atoms with E-state index >= 15 is 0 Å². The van der Waals surface area contributed by atoms with Gasteiger partial charge in [0, 0.05) is 13.7 Å². The first-order chi connectivity index (χ1) is 6.35. The molecule has 1 atom stereocenters. The highest BCUT2D eigenvalue weighted by molar-refractivity contribution is 5.56. The zero-order valence-electron chi connectivity index (χ0n) is 9.25. The molecule has 0 bridgehead atoms. The van der Waals surface area contributed by atoms with Crippen LogP contribution in [0.4, 0.5) is 0 Å². The van der Waals surface area contributed by atoms with Gasteiger partial charge >= 0.3 is 0 Å². The number of unbranched alkanes of at least 4 members (excludes halogenated alkanes) is 1. The van der Waals surface area contributed by atoms with Crippen LogP contribution >= 0.6 is 0 Å². The van der Waals surface area contributed by atoms with Crippen LogP contribution in [0.1, 0.15) is 46.0 Å². The largest absolute Gasteiger partial charge is 0.381 e. The van der Waals surface area contributed by atoms with Crippen LogP contribution in [0.3, 0.4) is 0 Å². The predicted molar refractivity (Wildman–Crippen MR) is 58.6 cm³/mol. The van der Waals surface area contributed by atoms with Gasteiger partial charge in [-0.15, -0.1) is 0 Å². The Morgan fingerprint density at radius 1 is 1.23 bits per heavy atom. The van der Waals surface area contributed by atoms with E-state index in [0.717, 1.165) is 25.8 Å². The van der Waals surface area contributed by atoms with Crippen LogP contribution in [-0.4, -0.2) is 26.0 Å². The standard InChI is InChI=1S/C11H23NO/c1-4-6-9-12-10-8-11(13-3)7-5-2/h9,11H,4-8,10H2,1-3H3. The average Bonchev–Trinajstić information content (AvgIpc) is 2.16. The van der Waals surface area contributed by atoms with E-state index in [1.807, 2.05) is 6.21 Å². The second kappa shape index (κ2) is 9.72. The quantitative estimate of drug-likeness (QED) is 0.533. The van der Waals surface area contributed by atoms with Crippen LogP contribution in [0.2, 0.25) is 0 Å². The lowest BCUT2D eigenvalue weighted by atomic mass is 10.1. The molecule has 0 aliphatic carbocycles. The monoisotopic (exact) mass is 185 g/mol. The molecular formula is C11H23NO. The van der Waals surface area contributed by atoms with Crippen molar-refractivity contribution in [3.05, 3.63) is 0 Å². The lowest BCUT2D eigenvalue weighted by molar-refractivity contribution is 0.0895. The minimum absolute atomic E-state index is 0.406. The molecule has 0 rings (SSSR count). The predicted octanol–water partition coefficient (Wildman–Crippen LogP) is 3.06. The van der Waals surface area contributed by atoms with Crippen LogP contribution in [0, 0.1) is 0 Å². The summed E-state index contributed by atoms with van der Waals surface area (Å²) in [5.74, 6) is 0. The molecule has 0 amide bonds. The minimum Gasteiger partial charge on any atom is -0.381 e. The molecular weight excluding hydrogens is 162 g/mol. The zero-order chi connectivity index (χ0) is 9.94. The highest BCUT2D eigenvalue weighted by Gasteiger charge is 2.03. The third-order valence-electron chi connectivity index (χ3n) is 2.07. The molecule has 0 spiro atoms. The molecule has 0 aliphatic rings. The van der Waals surface area contributed by atoms with Gasteiger partial charge in [0.1, 0.15) is 0 Å². The van der Waals surface area contributed by atoms with Crippen LogP contribution in [0.25, 0.3) is 0 Å². The summed E-state index contributed by atoms with van der Waals surface area (Å²) in [4.78, 5) is 4.33. The molecule has 0 aromatic heterocycles. The molecule has 0 aliphatic heterocycles. The molecule has 13 heavy (non-hydrogen) atoms. The zero-order valence-corrected chi connectivity index (χ0v) is 9.25. The van der Waals surface area contributed by atoms with Gasteiger partial charge < -0.3 is 4.74 Å². The molecule has 0 heterocycles. The minimum atomic E-state index is 0.406. The molecule has 0 aromatic rings. The first-order valence-electron chi connectivity index (χ1n) is 5.36. The van der Waals surface area contributed by atoms with Crippen LogP contribution in [0.5, 0.6) is 0 Å². The summed E-state index contributed by atoms with van der Waals surface area (Å²) in [7, 11) is 1.79. The van der Waals surface area contributed by atoms with E-state index < -0.39 is 0 Å². The van der Waals surface area contributed by atoms with Gasteiger partial charge in [-0.3, -0.25) is 4.99 Å². The Hall–Kier alpha value is -0.370. The van der Waals surface area contributed by atoms with Crippen molar-refractivity contribution < 1.29 is 4.74 Å². The smallest absolute Gasteiger partial charge is 0.0588 e. The molecule has 2 heteroatoms. The lowest BCUT2D eigenvalue weighted by Gasteiger charge is -2.11. The van der Waals surface area contributed by atoms with E-state index in [9.17, 15) is 0 Å². The maximum Gasteiger partial charge on any atom is 0.0588 e. The van der Waals surface area contributed by atoms with Crippen LogP contribution in [-0.2, 0) is 4.74 Å². The van der Waals surface area contributed by atoms with Gasteiger partial charge in [0.15, 0.2) is 0 Å². The number of rotatable bonds is 8. The molecule has 0 aromatic carbocycles. The number of nitrogens with zero attached hydrogens (tertiary/aromatic N) is 1. The van der Waals surface area contributed by atoms with Gasteiger partial charge in [0.2, 0.25) is 0 Å². The molecule has 0 fully saturated rings. The second-order valence-corrected chi connectivity index (χ2v) is 3.31. The van der Waals surface area contributed by atoms with Crippen molar-refractivity contribution in [1.82, 2.24) is 0 Å². The van der Waals surface area contributed by atoms with E-state index in [2.05, 4.69) is 18.8 Å². The Morgan fingerprint density at radius 2 is 2.00 bits per heavy atom. The summed E-state index contributed by atoms with van der Waals surface area (Å²) >= 11 is 0. The Bertz CT molecular complexity index is 123. The first-order valence-corrected chi connectivity index (χ1v) is 5.36. The third-order valence-corrected chi connectivity index (χ3v) is 2.07. The van der Waals surface area contributed by atoms with Crippen molar-refractivity contribution in [1.29, 1.82) is 0 Å². The van der Waals surface area contributed by atoms with Gasteiger partial charge in [0.25, 0.3) is 0 Å². The van der Waals surface area contributed by atoms with Gasteiger partial charge in [-0.05, 0) is 25.5 Å². The third kappa shape index (κ3) is 7.97. The summed E-state index contributed by atoms with van der Waals surface area (Å²) < 4.78 is 5.32. The van der Waals surface area contributed by atoms with Gasteiger partial charge in [0.05, 0.1) is 6.10 Å². The molecule has 78 valence electrons. The normalized spacial score (nSPS) is 13.8. The maximum absolute atomic E-state index is 5.32. The fourth-order valence-corrected chi connectivity index (χ4v) is 1.23. The maximum atomic E-state index is 5.32. The van der Waals surface area contributed by atoms with E-state index in [1.54, 1.807) is 7.11 Å². The van der Waals surface area contributed by atoms with Crippen molar-refractivity contribution in [2.75, 3.05) is 13.7 Å². The fourth-order valence-electron chi connectivity index (χ4n) is 1.23. The number of ether oxygens (including phenoxy) is 1. The lowest BCUT2D eigenvalue weighted by Crippen LogP contribution is -2.11. The number of methoxy groups -OCH3 is 1. The van der Waals surface area contributed by atoms with E-state index in [4.69, 9.17) is 4.74 Å². The summed E-state index contributed by atoms with van der Waals surface area (Å²) in [6.45, 7) is 5.27. The van der Waals surface area contributed by atoms with Gasteiger partial charge in [-0.1, -0.05) is 26.7 Å². The van der Waals surface area contributed by atoms with E-state index in [0.29, 0.717) is 6.10 Å². The van der Waals surface area contributed by atoms with Crippen molar-refractivity contribution in [2.45, 2.75) is 52.1 Å². The molecule has 0 saturated carbocycles. The Balaban J connectivity index is 3.37. The molecule has 0 saturated heterocycles. The molecule has 2 nitrogen and oxygen atoms in total. The topological polar surface area (TPSA) is 21.6 Å². The Kier molecular flexibility index (Phi) is 9.44. The van der Waals surface area contributed by atoms with Crippen LogP contribution < -0.4 is 0 Å². The molecule has 0 N–H and O–H groups in total. The number of hydrogen-bond donors (Lipinski definition) is 0. The van der Waals surface area contributed by atoms with Crippen molar-refractivity contribution >= 4 is 6.21 Å². The highest BCUT2D eigenvalue weighted by Crippen LogP contribution is 2.05. The fraction of sp³-hybridized carbons (Fsp3) is 0.909. The van der Waals surface area contributed by atoms with Crippen LogP contribution in [0.15, 0.2) is 4.99 Å². The van der Waals surface area contributed by atoms with Crippen molar-refractivity contribution in [2.24, 2.45) is 4.99 Å². The summed E-state index contributed by atoms with van der Waals surface area (Å²) in [6, 6.07) is 0. The number of aliphatic imine (C=N–C) groups is 1. The number of hydrogen-bond acceptors (Lipinski definition) is 2. The van der Waals surface area contributed by atoms with E-state index in [1.165, 1.54) is 12.8 Å². The summed E-state index contributed by atoms with van der Waals surface area (Å²) in [5, 5.41) is 0. The van der Waals surface area contributed by atoms with Crippen molar-refractivity contribution in [3.63, 3.8) is 0 Å². The van der Waals surface area contributed by atoms with E-state index in [-0.39, 0.29) is 0 Å². The van der Waals surface area contributed by atoms with Gasteiger partial charge in [-0.25, -0.2) is 0 Å². The molecule has 0 radical (unpaired) electrons. The highest BCUT2D eigenvalue weighted by atomic mass is 16.5. The molecule has 1 unspecified atom stereocenters. The Labute approximate surface area is 82.4 Å². The SMILES string of the molecule is CCCC=NCCC(CCC)OC. The first kappa shape index (κ1) is 12.6. The Morgan fingerprint density at radius 3 is 2.54 bits per heavy atom. The average molecular weight is 185 g/mol. The van der Waals surface area contributed by atoms with Gasteiger partial charge in [-0.2, -0.15) is 0 Å². The van der Waals surface area contributed by atoms with Crippen molar-refractivity contribution in [3.8, 4) is 0 Å².